The van der Waals surface area contributed by atoms with Crippen molar-refractivity contribution >= 4 is 17.6 Å². The summed E-state index contributed by atoms with van der Waals surface area (Å²) in [5, 5.41) is 7.45. The molecule has 1 aromatic rings. The molecule has 160 valence electrons. The fourth-order valence-electron chi connectivity index (χ4n) is 4.70. The Labute approximate surface area is 167 Å². The zero-order valence-electron chi connectivity index (χ0n) is 16.6. The summed E-state index contributed by atoms with van der Waals surface area (Å²) in [5.41, 5.74) is 0.488. The second-order valence-corrected chi connectivity index (χ2v) is 8.31. The Hall–Kier alpha value is -2.26. The van der Waals surface area contributed by atoms with Gasteiger partial charge >= 0.3 is 6.18 Å². The summed E-state index contributed by atoms with van der Waals surface area (Å²) in [5.74, 6) is -0.200. The van der Waals surface area contributed by atoms with Gasteiger partial charge in [-0.25, -0.2) is 4.68 Å². The maximum atomic E-state index is 13.6. The Morgan fingerprint density at radius 2 is 2.14 bits per heavy atom. The summed E-state index contributed by atoms with van der Waals surface area (Å²) in [6, 6.07) is -0.621. The van der Waals surface area contributed by atoms with Crippen molar-refractivity contribution in [3.05, 3.63) is 11.8 Å². The van der Waals surface area contributed by atoms with Crippen LogP contribution in [0.2, 0.25) is 0 Å². The Balaban J connectivity index is 1.59. The normalized spacial score (nSPS) is 29.9. The van der Waals surface area contributed by atoms with Gasteiger partial charge in [-0.2, -0.15) is 18.3 Å². The number of hydrogen-bond acceptors (Lipinski definition) is 4. The van der Waals surface area contributed by atoms with Crippen molar-refractivity contribution < 1.29 is 22.8 Å². The van der Waals surface area contributed by atoms with Crippen molar-refractivity contribution in [3.8, 4) is 0 Å². The molecule has 0 aliphatic carbocycles. The molecule has 1 N–H and O–H groups in total. The minimum absolute atomic E-state index is 0.0561. The molecule has 4 heterocycles. The van der Waals surface area contributed by atoms with Gasteiger partial charge in [0.25, 0.3) is 0 Å². The third-order valence-electron chi connectivity index (χ3n) is 6.35. The molecular weight excluding hydrogens is 387 g/mol. The molecule has 4 atom stereocenters. The van der Waals surface area contributed by atoms with Gasteiger partial charge in [-0.1, -0.05) is 6.92 Å². The number of halogens is 3. The summed E-state index contributed by atoms with van der Waals surface area (Å²) >= 11 is 0. The fourth-order valence-corrected chi connectivity index (χ4v) is 4.70. The molecule has 10 heteroatoms. The molecule has 2 amide bonds. The zero-order valence-corrected chi connectivity index (χ0v) is 16.6. The molecule has 0 aromatic carbocycles. The van der Waals surface area contributed by atoms with Crippen LogP contribution in [0.25, 0.3) is 0 Å². The third-order valence-corrected chi connectivity index (χ3v) is 6.35. The van der Waals surface area contributed by atoms with Crippen LogP contribution in [0.3, 0.4) is 0 Å². The lowest BCUT2D eigenvalue weighted by Gasteiger charge is -2.32. The average Bonchev–Trinajstić information content (AvgIpc) is 3.37. The number of rotatable bonds is 3. The molecule has 29 heavy (non-hydrogen) atoms. The number of alkyl halides is 3. The maximum Gasteiger partial charge on any atom is 0.410 e. The van der Waals surface area contributed by atoms with E-state index < -0.39 is 18.1 Å². The Kier molecular flexibility index (Phi) is 4.98. The van der Waals surface area contributed by atoms with Crippen LogP contribution in [0.5, 0.6) is 0 Å². The monoisotopic (exact) mass is 413 g/mol. The number of aromatic nitrogens is 2. The molecule has 0 unspecified atom stereocenters. The summed E-state index contributed by atoms with van der Waals surface area (Å²) in [6.45, 7) is 2.78. The van der Waals surface area contributed by atoms with Crippen molar-refractivity contribution in [2.45, 2.75) is 63.3 Å². The van der Waals surface area contributed by atoms with Gasteiger partial charge in [0.2, 0.25) is 11.8 Å². The summed E-state index contributed by atoms with van der Waals surface area (Å²) in [6.07, 6.45) is -2.24. The highest BCUT2D eigenvalue weighted by Crippen LogP contribution is 2.42. The Morgan fingerprint density at radius 3 is 2.76 bits per heavy atom. The number of carbonyl (C=O) groups excluding carboxylic acids is 2. The van der Waals surface area contributed by atoms with E-state index in [0.29, 0.717) is 37.4 Å². The lowest BCUT2D eigenvalue weighted by molar-refractivity contribution is -0.173. The molecule has 1 aromatic heterocycles. The van der Waals surface area contributed by atoms with Crippen LogP contribution in [0.15, 0.2) is 6.07 Å². The molecule has 4 rings (SSSR count). The fraction of sp³-hybridized carbons (Fsp3) is 0.737. The van der Waals surface area contributed by atoms with E-state index in [9.17, 15) is 22.8 Å². The third kappa shape index (κ3) is 3.57. The summed E-state index contributed by atoms with van der Waals surface area (Å²) in [7, 11) is 1.67. The first-order valence-corrected chi connectivity index (χ1v) is 10.2. The number of carbonyl (C=O) groups is 2. The van der Waals surface area contributed by atoms with Gasteiger partial charge in [0.1, 0.15) is 5.82 Å². The van der Waals surface area contributed by atoms with Crippen LogP contribution < -0.4 is 5.32 Å². The van der Waals surface area contributed by atoms with E-state index >= 15 is 0 Å². The molecule has 0 bridgehead atoms. The van der Waals surface area contributed by atoms with Crippen molar-refractivity contribution in [1.29, 1.82) is 0 Å². The maximum absolute atomic E-state index is 13.6. The number of nitrogens with one attached hydrogen (secondary N) is 1. The zero-order chi connectivity index (χ0) is 20.9. The number of nitrogens with zero attached hydrogens (tertiary/aromatic N) is 4. The van der Waals surface area contributed by atoms with E-state index in [2.05, 4.69) is 10.4 Å². The van der Waals surface area contributed by atoms with Gasteiger partial charge < -0.3 is 15.1 Å². The minimum atomic E-state index is -4.38. The number of fused-ring (bicyclic) bond motifs is 1. The first-order valence-electron chi connectivity index (χ1n) is 10.2. The first-order chi connectivity index (χ1) is 13.7. The lowest BCUT2D eigenvalue weighted by Crippen LogP contribution is -2.39. The molecule has 3 aliphatic heterocycles. The van der Waals surface area contributed by atoms with Crippen molar-refractivity contribution in [1.82, 2.24) is 19.6 Å². The molecule has 7 nitrogen and oxygen atoms in total. The summed E-state index contributed by atoms with van der Waals surface area (Å²) < 4.78 is 41.9. The van der Waals surface area contributed by atoms with E-state index in [1.807, 2.05) is 6.92 Å². The van der Waals surface area contributed by atoms with Crippen molar-refractivity contribution in [3.63, 3.8) is 0 Å². The highest BCUT2D eigenvalue weighted by molar-refractivity contribution is 5.89. The Bertz CT molecular complexity index is 808. The van der Waals surface area contributed by atoms with E-state index in [1.54, 1.807) is 22.9 Å². The second kappa shape index (κ2) is 7.21. The quantitative estimate of drug-likeness (QED) is 0.827. The van der Waals surface area contributed by atoms with Gasteiger partial charge in [-0.3, -0.25) is 9.59 Å². The van der Waals surface area contributed by atoms with Gasteiger partial charge in [-0.05, 0) is 25.7 Å². The van der Waals surface area contributed by atoms with Crippen LogP contribution in [0, 0.1) is 5.92 Å². The van der Waals surface area contributed by atoms with Gasteiger partial charge in [0, 0.05) is 38.7 Å². The standard InChI is InChI=1S/C19H26F3N5O2/c1-3-12-8-15(19(20,21)22)27-16(23-12)9-13(24-27)14-5-4-6-26(14)18(29)11-7-17(28)25(2)10-11/h9,11-12,14-15,23H,3-8,10H2,1-2H3/t11-,12-,14-,15-/m1/s1. The molecule has 3 aliphatic rings. The largest absolute Gasteiger partial charge is 0.410 e. The topological polar surface area (TPSA) is 70.5 Å². The smallest absolute Gasteiger partial charge is 0.367 e. The average molecular weight is 413 g/mol. The Morgan fingerprint density at radius 1 is 1.38 bits per heavy atom. The summed E-state index contributed by atoms with van der Waals surface area (Å²) in [4.78, 5) is 28.1. The molecule has 0 radical (unpaired) electrons. The van der Waals surface area contributed by atoms with E-state index in [1.165, 1.54) is 0 Å². The lowest BCUT2D eigenvalue weighted by atomic mass is 10.0. The first kappa shape index (κ1) is 20.0. The van der Waals surface area contributed by atoms with Crippen LogP contribution in [0.1, 0.15) is 56.8 Å². The molecule has 0 spiro atoms. The van der Waals surface area contributed by atoms with Crippen LogP contribution in [0.4, 0.5) is 19.0 Å². The van der Waals surface area contributed by atoms with Crippen LogP contribution >= 0.6 is 0 Å². The van der Waals surface area contributed by atoms with E-state index in [4.69, 9.17) is 0 Å². The highest BCUT2D eigenvalue weighted by Gasteiger charge is 2.47. The molecule has 2 saturated heterocycles. The van der Waals surface area contributed by atoms with Crippen molar-refractivity contribution in [2.75, 3.05) is 25.5 Å². The SMILES string of the molecule is CC[C@@H]1C[C@H](C(F)(F)F)n2nc([C@H]3CCCN3C(=O)[C@@H]3CC(=O)N(C)C3)cc2N1. The molecule has 2 fully saturated rings. The highest BCUT2D eigenvalue weighted by atomic mass is 19.4. The number of amides is 2. The predicted octanol–water partition coefficient (Wildman–Crippen LogP) is 2.72. The van der Waals surface area contributed by atoms with E-state index in [0.717, 1.165) is 11.1 Å². The number of hydrogen-bond donors (Lipinski definition) is 1. The van der Waals surface area contributed by atoms with Crippen molar-refractivity contribution in [2.24, 2.45) is 5.92 Å². The molecule has 0 saturated carbocycles. The van der Waals surface area contributed by atoms with Gasteiger partial charge in [0.15, 0.2) is 6.04 Å². The number of anilines is 1. The predicted molar refractivity (Wildman–Crippen MR) is 99.1 cm³/mol. The van der Waals surface area contributed by atoms with Crippen LogP contribution in [-0.2, 0) is 9.59 Å². The van der Waals surface area contributed by atoms with Gasteiger partial charge in [0.05, 0.1) is 17.7 Å². The van der Waals surface area contributed by atoms with Gasteiger partial charge in [-0.15, -0.1) is 0 Å². The minimum Gasteiger partial charge on any atom is -0.367 e. The molecular formula is C19H26F3N5O2. The second-order valence-electron chi connectivity index (χ2n) is 8.31. The number of likely N-dealkylation sites (tertiary alicyclic amines) is 2. The van der Waals surface area contributed by atoms with Crippen LogP contribution in [-0.4, -0.2) is 63.7 Å². The van der Waals surface area contributed by atoms with E-state index in [-0.39, 0.29) is 36.7 Å².